The Morgan fingerprint density at radius 2 is 1.79 bits per heavy atom. The zero-order valence-corrected chi connectivity index (χ0v) is 11.4. The summed E-state index contributed by atoms with van der Waals surface area (Å²) in [6.07, 6.45) is 0.705. The Hall–Kier alpha value is -2.04. The van der Waals surface area contributed by atoms with Crippen molar-refractivity contribution in [1.29, 1.82) is 0 Å². The summed E-state index contributed by atoms with van der Waals surface area (Å²) in [6, 6.07) is 4.91. The zero-order valence-electron chi connectivity index (χ0n) is 11.4. The van der Waals surface area contributed by atoms with Gasteiger partial charge in [0.1, 0.15) is 5.75 Å². The van der Waals surface area contributed by atoms with E-state index in [1.54, 1.807) is 18.2 Å². The number of methoxy groups -OCH3 is 1. The molecule has 0 radical (unpaired) electrons. The Balaban J connectivity index is 2.36. The van der Waals surface area contributed by atoms with E-state index in [1.807, 2.05) is 13.8 Å². The van der Waals surface area contributed by atoms with Gasteiger partial charge < -0.3 is 10.5 Å². The highest BCUT2D eigenvalue weighted by molar-refractivity contribution is 6.17. The van der Waals surface area contributed by atoms with E-state index in [0.29, 0.717) is 30.0 Å². The molecule has 1 aliphatic heterocycles. The number of hydrogen-bond acceptors (Lipinski definition) is 4. The van der Waals surface area contributed by atoms with Crippen LogP contribution in [0.5, 0.6) is 5.75 Å². The smallest absolute Gasteiger partial charge is 0.234 e. The number of piperidine rings is 1. The van der Waals surface area contributed by atoms with Crippen LogP contribution in [0, 0.1) is 5.41 Å². The molecule has 1 heterocycles. The van der Waals surface area contributed by atoms with Crippen molar-refractivity contribution >= 4 is 23.2 Å². The van der Waals surface area contributed by atoms with Gasteiger partial charge in [-0.15, -0.1) is 0 Å². The lowest BCUT2D eigenvalue weighted by Gasteiger charge is -2.34. The Morgan fingerprint density at radius 1 is 1.21 bits per heavy atom. The highest BCUT2D eigenvalue weighted by atomic mass is 16.5. The van der Waals surface area contributed by atoms with E-state index in [-0.39, 0.29) is 17.2 Å². The summed E-state index contributed by atoms with van der Waals surface area (Å²) >= 11 is 0. The molecule has 2 amide bonds. The lowest BCUT2D eigenvalue weighted by molar-refractivity contribution is -0.132. The van der Waals surface area contributed by atoms with Gasteiger partial charge in [0.05, 0.1) is 18.5 Å². The number of benzene rings is 1. The first-order chi connectivity index (χ1) is 8.84. The molecule has 0 unspecified atom stereocenters. The minimum absolute atomic E-state index is 0.187. The number of carbonyl (C=O) groups excluding carboxylic acids is 2. The summed E-state index contributed by atoms with van der Waals surface area (Å²) in [5, 5.41) is 0. The van der Waals surface area contributed by atoms with Crippen LogP contribution < -0.4 is 15.4 Å². The third-order valence-corrected chi connectivity index (χ3v) is 3.23. The summed E-state index contributed by atoms with van der Waals surface area (Å²) in [5.74, 6) is 0.0871. The van der Waals surface area contributed by atoms with Crippen molar-refractivity contribution in [2.75, 3.05) is 17.7 Å². The number of nitrogens with two attached hydrogens (primary N) is 1. The predicted molar refractivity (Wildman–Crippen MR) is 72.9 cm³/mol. The summed E-state index contributed by atoms with van der Waals surface area (Å²) in [5.41, 5.74) is 6.44. The highest BCUT2D eigenvalue weighted by Crippen LogP contribution is 2.36. The van der Waals surface area contributed by atoms with Gasteiger partial charge >= 0.3 is 0 Å². The average Bonchev–Trinajstić information content (AvgIpc) is 2.28. The maximum atomic E-state index is 12.1. The van der Waals surface area contributed by atoms with Crippen LogP contribution in [0.1, 0.15) is 26.7 Å². The van der Waals surface area contributed by atoms with E-state index in [9.17, 15) is 9.59 Å². The molecule has 0 spiro atoms. The van der Waals surface area contributed by atoms with Crippen molar-refractivity contribution in [3.8, 4) is 5.75 Å². The fourth-order valence-electron chi connectivity index (χ4n) is 2.31. The molecule has 5 heteroatoms. The number of anilines is 2. The lowest BCUT2D eigenvalue weighted by Crippen LogP contribution is -2.46. The van der Waals surface area contributed by atoms with Gasteiger partial charge in [0, 0.05) is 18.9 Å². The van der Waals surface area contributed by atoms with E-state index in [1.165, 1.54) is 12.0 Å². The lowest BCUT2D eigenvalue weighted by atomic mass is 9.81. The monoisotopic (exact) mass is 262 g/mol. The second-order valence-corrected chi connectivity index (χ2v) is 5.57. The number of imide groups is 1. The average molecular weight is 262 g/mol. The molecule has 5 nitrogen and oxygen atoms in total. The van der Waals surface area contributed by atoms with Gasteiger partial charge in [-0.25, -0.2) is 0 Å². The molecular weight excluding hydrogens is 244 g/mol. The Bertz CT molecular complexity index is 517. The number of carbonyl (C=O) groups is 2. The van der Waals surface area contributed by atoms with Gasteiger partial charge in [-0.2, -0.15) is 0 Å². The van der Waals surface area contributed by atoms with Gasteiger partial charge in [-0.05, 0) is 17.5 Å². The third-order valence-electron chi connectivity index (χ3n) is 3.23. The maximum absolute atomic E-state index is 12.1. The maximum Gasteiger partial charge on any atom is 0.234 e. The van der Waals surface area contributed by atoms with Crippen LogP contribution in [0.25, 0.3) is 0 Å². The number of nitrogens with zero attached hydrogens (tertiary/aromatic N) is 1. The molecule has 0 atom stereocenters. The van der Waals surface area contributed by atoms with Gasteiger partial charge in [0.25, 0.3) is 0 Å². The number of hydrogen-bond donors (Lipinski definition) is 1. The molecule has 1 aromatic rings. The van der Waals surface area contributed by atoms with E-state index in [2.05, 4.69) is 0 Å². The quantitative estimate of drug-likeness (QED) is 0.653. The summed E-state index contributed by atoms with van der Waals surface area (Å²) in [6.45, 7) is 3.84. The van der Waals surface area contributed by atoms with Crippen molar-refractivity contribution in [1.82, 2.24) is 0 Å². The summed E-state index contributed by atoms with van der Waals surface area (Å²) in [4.78, 5) is 25.5. The Labute approximate surface area is 112 Å². The van der Waals surface area contributed by atoms with Gasteiger partial charge in [-0.3, -0.25) is 14.5 Å². The topological polar surface area (TPSA) is 72.6 Å². The molecule has 2 rings (SSSR count). The number of ether oxygens (including phenoxy) is 1. The molecule has 1 aromatic carbocycles. The number of nitrogen functional groups attached to an aromatic ring is 1. The van der Waals surface area contributed by atoms with Crippen molar-refractivity contribution in [3.05, 3.63) is 18.2 Å². The first-order valence-corrected chi connectivity index (χ1v) is 6.13. The summed E-state index contributed by atoms with van der Waals surface area (Å²) in [7, 11) is 1.50. The van der Waals surface area contributed by atoms with Gasteiger partial charge in [0.2, 0.25) is 11.8 Å². The standard InChI is InChI=1S/C14H18N2O3/c1-14(2)7-12(17)16(13(18)8-14)9-4-5-10(15)11(6-9)19-3/h4-6H,7-8,15H2,1-3H3. The Morgan fingerprint density at radius 3 is 2.32 bits per heavy atom. The predicted octanol–water partition coefficient (Wildman–Crippen LogP) is 1.96. The molecular formula is C14H18N2O3. The molecule has 0 aromatic heterocycles. The van der Waals surface area contributed by atoms with Crippen LogP contribution in [0.3, 0.4) is 0 Å². The molecule has 1 fully saturated rings. The third kappa shape index (κ3) is 2.54. The second-order valence-electron chi connectivity index (χ2n) is 5.57. The van der Waals surface area contributed by atoms with E-state index in [4.69, 9.17) is 10.5 Å². The molecule has 0 saturated carbocycles. The largest absolute Gasteiger partial charge is 0.495 e. The van der Waals surface area contributed by atoms with Crippen molar-refractivity contribution in [2.45, 2.75) is 26.7 Å². The van der Waals surface area contributed by atoms with Gasteiger partial charge in [-0.1, -0.05) is 13.8 Å². The SMILES string of the molecule is COc1cc(N2C(=O)CC(C)(C)CC2=O)ccc1N. The highest BCUT2D eigenvalue weighted by Gasteiger charge is 2.38. The molecule has 2 N–H and O–H groups in total. The molecule has 0 aliphatic carbocycles. The van der Waals surface area contributed by atoms with Crippen LogP contribution in [0.4, 0.5) is 11.4 Å². The minimum atomic E-state index is -0.275. The molecule has 0 bridgehead atoms. The van der Waals surface area contributed by atoms with Crippen LogP contribution in [0.15, 0.2) is 18.2 Å². The van der Waals surface area contributed by atoms with Crippen LogP contribution in [-0.2, 0) is 9.59 Å². The zero-order chi connectivity index (χ0) is 14.2. The second kappa shape index (κ2) is 4.57. The van der Waals surface area contributed by atoms with Gasteiger partial charge in [0.15, 0.2) is 0 Å². The summed E-state index contributed by atoms with van der Waals surface area (Å²) < 4.78 is 5.11. The fourth-order valence-corrected chi connectivity index (χ4v) is 2.31. The minimum Gasteiger partial charge on any atom is -0.495 e. The van der Waals surface area contributed by atoms with Crippen LogP contribution in [-0.4, -0.2) is 18.9 Å². The Kier molecular flexibility index (Phi) is 3.22. The number of rotatable bonds is 2. The van der Waals surface area contributed by atoms with Crippen molar-refractivity contribution in [2.24, 2.45) is 5.41 Å². The normalized spacial score (nSPS) is 18.6. The fraction of sp³-hybridized carbons (Fsp3) is 0.429. The van der Waals surface area contributed by atoms with E-state index in [0.717, 1.165) is 0 Å². The molecule has 19 heavy (non-hydrogen) atoms. The molecule has 1 saturated heterocycles. The van der Waals surface area contributed by atoms with E-state index < -0.39 is 0 Å². The van der Waals surface area contributed by atoms with Crippen molar-refractivity contribution < 1.29 is 14.3 Å². The first kappa shape index (κ1) is 13.4. The first-order valence-electron chi connectivity index (χ1n) is 6.13. The van der Waals surface area contributed by atoms with Crippen molar-refractivity contribution in [3.63, 3.8) is 0 Å². The molecule has 1 aliphatic rings. The van der Waals surface area contributed by atoms with Crippen LogP contribution in [0.2, 0.25) is 0 Å². The molecule has 102 valence electrons. The van der Waals surface area contributed by atoms with E-state index >= 15 is 0 Å². The number of amides is 2. The van der Waals surface area contributed by atoms with Crippen LogP contribution >= 0.6 is 0 Å².